The van der Waals surface area contributed by atoms with Crippen molar-refractivity contribution in [3.63, 3.8) is 0 Å². The van der Waals surface area contributed by atoms with E-state index in [2.05, 4.69) is 41.1 Å². The topological polar surface area (TPSA) is 6.48 Å². The van der Waals surface area contributed by atoms with Crippen LogP contribution in [-0.2, 0) is 6.42 Å². The number of nitrogens with zero attached hydrogens (tertiary/aromatic N) is 2. The Morgan fingerprint density at radius 2 is 1.95 bits per heavy atom. The summed E-state index contributed by atoms with van der Waals surface area (Å²) in [5.74, 6) is 0. The van der Waals surface area contributed by atoms with Crippen LogP contribution in [0.2, 0.25) is 0 Å². The van der Waals surface area contributed by atoms with Gasteiger partial charge in [-0.1, -0.05) is 24.3 Å². The van der Waals surface area contributed by atoms with Gasteiger partial charge in [0.15, 0.2) is 0 Å². The maximum Gasteiger partial charge on any atom is 0.0348 e. The van der Waals surface area contributed by atoms with E-state index in [1.54, 1.807) is 11.1 Å². The summed E-state index contributed by atoms with van der Waals surface area (Å²) >= 11 is 0. The Labute approximate surface area is 117 Å². The molecule has 1 aliphatic carbocycles. The minimum atomic E-state index is 0.646. The fourth-order valence-corrected chi connectivity index (χ4v) is 3.65. The number of likely N-dealkylation sites (N-methyl/N-ethyl adjacent to an activating group) is 1. The van der Waals surface area contributed by atoms with Crippen LogP contribution in [0.3, 0.4) is 0 Å². The van der Waals surface area contributed by atoms with Gasteiger partial charge in [0.2, 0.25) is 0 Å². The van der Waals surface area contributed by atoms with Crippen molar-refractivity contribution in [2.45, 2.75) is 38.1 Å². The molecule has 0 N–H and O–H groups in total. The Bertz CT molecular complexity index is 409. The van der Waals surface area contributed by atoms with E-state index in [9.17, 15) is 0 Å². The minimum Gasteiger partial charge on any atom is -0.302 e. The Hall–Kier alpha value is -0.860. The number of benzene rings is 1. The van der Waals surface area contributed by atoms with Crippen LogP contribution in [0.4, 0.5) is 0 Å². The highest BCUT2D eigenvalue weighted by Crippen LogP contribution is 2.33. The molecule has 1 aromatic carbocycles. The van der Waals surface area contributed by atoms with Gasteiger partial charge in [0.25, 0.3) is 0 Å². The van der Waals surface area contributed by atoms with Gasteiger partial charge in [0.05, 0.1) is 0 Å². The fraction of sp³-hybridized carbons (Fsp3) is 0.647. The first-order chi connectivity index (χ1) is 9.34. The van der Waals surface area contributed by atoms with Crippen molar-refractivity contribution in [1.29, 1.82) is 0 Å². The van der Waals surface area contributed by atoms with Crippen molar-refractivity contribution in [2.75, 3.05) is 33.2 Å². The Morgan fingerprint density at radius 1 is 1.16 bits per heavy atom. The van der Waals surface area contributed by atoms with E-state index in [1.165, 1.54) is 58.3 Å². The second-order valence-electron chi connectivity index (χ2n) is 6.14. The molecular weight excluding hydrogens is 232 g/mol. The van der Waals surface area contributed by atoms with Crippen LogP contribution in [0.25, 0.3) is 0 Å². The lowest BCUT2D eigenvalue weighted by Crippen LogP contribution is -2.35. The first-order valence-electron chi connectivity index (χ1n) is 7.85. The molecule has 0 amide bonds. The number of rotatable bonds is 4. The van der Waals surface area contributed by atoms with Crippen LogP contribution in [-0.4, -0.2) is 43.0 Å². The van der Waals surface area contributed by atoms with Crippen molar-refractivity contribution >= 4 is 0 Å². The molecule has 104 valence electrons. The quantitative estimate of drug-likeness (QED) is 0.819. The molecule has 0 radical (unpaired) electrons. The van der Waals surface area contributed by atoms with Crippen LogP contribution >= 0.6 is 0 Å². The monoisotopic (exact) mass is 258 g/mol. The highest BCUT2D eigenvalue weighted by molar-refractivity contribution is 5.32. The molecule has 1 heterocycles. The van der Waals surface area contributed by atoms with Crippen molar-refractivity contribution < 1.29 is 0 Å². The van der Waals surface area contributed by atoms with Crippen molar-refractivity contribution in [2.24, 2.45) is 0 Å². The van der Waals surface area contributed by atoms with Gasteiger partial charge in [0, 0.05) is 19.1 Å². The first kappa shape index (κ1) is 13.1. The minimum absolute atomic E-state index is 0.646. The molecule has 1 fully saturated rings. The van der Waals surface area contributed by atoms with Crippen molar-refractivity contribution in [1.82, 2.24) is 9.80 Å². The van der Waals surface area contributed by atoms with E-state index in [0.29, 0.717) is 6.04 Å². The molecule has 2 aliphatic rings. The number of hydrogen-bond donors (Lipinski definition) is 0. The van der Waals surface area contributed by atoms with Gasteiger partial charge < -0.3 is 4.90 Å². The standard InChI is InChI=1S/C17H26N2/c1-18(13-14-19-11-4-5-12-19)17-10-6-8-15-7-2-3-9-16(15)17/h2-3,7,9,17H,4-6,8,10-14H2,1H3/t17-/m0/s1. The molecule has 1 saturated heterocycles. The molecule has 2 heteroatoms. The molecule has 19 heavy (non-hydrogen) atoms. The number of aryl methyl sites for hydroxylation is 1. The third kappa shape index (κ3) is 3.01. The summed E-state index contributed by atoms with van der Waals surface area (Å²) < 4.78 is 0. The maximum absolute atomic E-state index is 2.62. The van der Waals surface area contributed by atoms with Crippen LogP contribution in [0.15, 0.2) is 24.3 Å². The third-order valence-corrected chi connectivity index (χ3v) is 4.84. The van der Waals surface area contributed by atoms with Crippen LogP contribution < -0.4 is 0 Å². The lowest BCUT2D eigenvalue weighted by Gasteiger charge is -2.34. The van der Waals surface area contributed by atoms with Gasteiger partial charge in [-0.15, -0.1) is 0 Å². The summed E-state index contributed by atoms with van der Waals surface area (Å²) in [6.07, 6.45) is 6.74. The SMILES string of the molecule is CN(CCN1CCCC1)[C@H]1CCCc2ccccc21. The smallest absolute Gasteiger partial charge is 0.0348 e. The third-order valence-electron chi connectivity index (χ3n) is 4.84. The van der Waals surface area contributed by atoms with E-state index >= 15 is 0 Å². The van der Waals surface area contributed by atoms with Gasteiger partial charge in [-0.25, -0.2) is 0 Å². The number of likely N-dealkylation sites (tertiary alicyclic amines) is 1. The van der Waals surface area contributed by atoms with E-state index in [-0.39, 0.29) is 0 Å². The lowest BCUT2D eigenvalue weighted by atomic mass is 9.87. The number of fused-ring (bicyclic) bond motifs is 1. The first-order valence-corrected chi connectivity index (χ1v) is 7.85. The average molecular weight is 258 g/mol. The largest absolute Gasteiger partial charge is 0.302 e. The van der Waals surface area contributed by atoms with Gasteiger partial charge >= 0.3 is 0 Å². The zero-order valence-corrected chi connectivity index (χ0v) is 12.1. The summed E-state index contributed by atoms with van der Waals surface area (Å²) in [5, 5.41) is 0. The van der Waals surface area contributed by atoms with Crippen molar-refractivity contribution in [3.8, 4) is 0 Å². The molecule has 0 spiro atoms. The molecular formula is C17H26N2. The maximum atomic E-state index is 2.62. The second kappa shape index (κ2) is 6.06. The van der Waals surface area contributed by atoms with Crippen LogP contribution in [0.5, 0.6) is 0 Å². The Balaban J connectivity index is 1.62. The highest BCUT2D eigenvalue weighted by Gasteiger charge is 2.23. The molecule has 2 nitrogen and oxygen atoms in total. The summed E-state index contributed by atoms with van der Waals surface area (Å²) in [4.78, 5) is 5.20. The van der Waals surface area contributed by atoms with Gasteiger partial charge in [0.1, 0.15) is 0 Å². The van der Waals surface area contributed by atoms with Crippen molar-refractivity contribution in [3.05, 3.63) is 35.4 Å². The summed E-state index contributed by atoms with van der Waals surface area (Å²) in [6, 6.07) is 9.69. The molecule has 1 aromatic rings. The van der Waals surface area contributed by atoms with Gasteiger partial charge in [-0.05, 0) is 63.4 Å². The molecule has 1 aliphatic heterocycles. The number of hydrogen-bond acceptors (Lipinski definition) is 2. The van der Waals surface area contributed by atoms with E-state index in [1.807, 2.05) is 0 Å². The molecule has 0 aromatic heterocycles. The zero-order chi connectivity index (χ0) is 13.1. The molecule has 0 unspecified atom stereocenters. The van der Waals surface area contributed by atoms with E-state index in [0.717, 1.165) is 0 Å². The summed E-state index contributed by atoms with van der Waals surface area (Å²) in [5.41, 5.74) is 3.16. The Kier molecular flexibility index (Phi) is 4.19. The fourth-order valence-electron chi connectivity index (χ4n) is 3.65. The van der Waals surface area contributed by atoms with Crippen LogP contribution in [0, 0.1) is 0 Å². The normalized spacial score (nSPS) is 23.8. The van der Waals surface area contributed by atoms with E-state index in [4.69, 9.17) is 0 Å². The predicted octanol–water partition coefficient (Wildman–Crippen LogP) is 3.09. The lowest BCUT2D eigenvalue weighted by molar-refractivity contribution is 0.190. The average Bonchev–Trinajstić information content (AvgIpc) is 2.97. The van der Waals surface area contributed by atoms with Crippen LogP contribution in [0.1, 0.15) is 42.9 Å². The molecule has 3 rings (SSSR count). The summed E-state index contributed by atoms with van der Waals surface area (Å²) in [7, 11) is 2.31. The summed E-state index contributed by atoms with van der Waals surface area (Å²) in [6.45, 7) is 5.08. The highest BCUT2D eigenvalue weighted by atomic mass is 15.2. The predicted molar refractivity (Wildman–Crippen MR) is 80.4 cm³/mol. The van der Waals surface area contributed by atoms with Gasteiger partial charge in [-0.2, -0.15) is 0 Å². The second-order valence-corrected chi connectivity index (χ2v) is 6.14. The van der Waals surface area contributed by atoms with Gasteiger partial charge in [-0.3, -0.25) is 4.90 Å². The molecule has 0 bridgehead atoms. The Morgan fingerprint density at radius 3 is 2.79 bits per heavy atom. The van der Waals surface area contributed by atoms with E-state index < -0.39 is 0 Å². The zero-order valence-electron chi connectivity index (χ0n) is 12.1. The molecule has 0 saturated carbocycles. The molecule has 1 atom stereocenters.